The number of piperidine rings is 1. The third-order valence-electron chi connectivity index (χ3n) is 5.73. The second kappa shape index (κ2) is 11.2. The number of amides is 1. The summed E-state index contributed by atoms with van der Waals surface area (Å²) in [6.07, 6.45) is 2.18. The second-order valence-corrected chi connectivity index (χ2v) is 10.6. The molecule has 33 heavy (non-hydrogen) atoms. The molecule has 1 saturated heterocycles. The molecule has 2 N–H and O–H groups in total. The molecule has 0 spiro atoms. The number of hydrogen-bond donors (Lipinski definition) is 2. The van der Waals surface area contributed by atoms with Crippen molar-refractivity contribution >= 4 is 33.2 Å². The predicted molar refractivity (Wildman–Crippen MR) is 132 cm³/mol. The van der Waals surface area contributed by atoms with Crippen LogP contribution in [0.2, 0.25) is 5.02 Å². The zero-order chi connectivity index (χ0) is 24.0. The summed E-state index contributed by atoms with van der Waals surface area (Å²) in [6, 6.07) is 11.3. The Kier molecular flexibility index (Phi) is 8.62. The Hall–Kier alpha value is -2.29. The number of carbonyl (C=O) groups excluding carboxylic acids is 1. The van der Waals surface area contributed by atoms with Crippen molar-refractivity contribution in [3.8, 4) is 5.75 Å². The summed E-state index contributed by atoms with van der Waals surface area (Å²) in [5.74, 6) is 0.708. The quantitative estimate of drug-likeness (QED) is 0.541. The average Bonchev–Trinajstić information content (AvgIpc) is 2.79. The molecule has 0 saturated carbocycles. The standard InChI is InChI=1S/C24H32ClN3O4S/c1-4-32-21-10-8-20(9-11-21)27-33(30,31)23-14-19(7-12-22(23)25)24(29)26-15-18-6-5-13-28(16-18)17(2)3/h7-12,14,17-18,27H,4-6,13,15-16H2,1-3H3,(H,26,29). The predicted octanol–water partition coefficient (Wildman–Crippen LogP) is 4.39. The highest BCUT2D eigenvalue weighted by molar-refractivity contribution is 7.92. The summed E-state index contributed by atoms with van der Waals surface area (Å²) in [4.78, 5) is 15.0. The van der Waals surface area contributed by atoms with E-state index in [2.05, 4.69) is 28.8 Å². The molecule has 0 aromatic heterocycles. The summed E-state index contributed by atoms with van der Waals surface area (Å²) in [5, 5.41) is 3.00. The van der Waals surface area contributed by atoms with E-state index in [0.29, 0.717) is 36.5 Å². The first-order valence-corrected chi connectivity index (χ1v) is 13.1. The van der Waals surface area contributed by atoms with Crippen molar-refractivity contribution in [3.63, 3.8) is 0 Å². The number of carbonyl (C=O) groups is 1. The van der Waals surface area contributed by atoms with Gasteiger partial charge in [0.25, 0.3) is 15.9 Å². The number of halogens is 1. The minimum atomic E-state index is -3.99. The van der Waals surface area contributed by atoms with Gasteiger partial charge in [-0.15, -0.1) is 0 Å². The van der Waals surface area contributed by atoms with E-state index < -0.39 is 10.0 Å². The fourth-order valence-electron chi connectivity index (χ4n) is 3.92. The van der Waals surface area contributed by atoms with Crippen LogP contribution in [0, 0.1) is 5.92 Å². The van der Waals surface area contributed by atoms with Crippen LogP contribution < -0.4 is 14.8 Å². The number of anilines is 1. The molecule has 180 valence electrons. The highest BCUT2D eigenvalue weighted by atomic mass is 35.5. The zero-order valence-electron chi connectivity index (χ0n) is 19.3. The largest absolute Gasteiger partial charge is 0.494 e. The van der Waals surface area contributed by atoms with E-state index >= 15 is 0 Å². The Morgan fingerprint density at radius 1 is 1.21 bits per heavy atom. The zero-order valence-corrected chi connectivity index (χ0v) is 20.9. The van der Waals surface area contributed by atoms with Gasteiger partial charge in [0.15, 0.2) is 0 Å². The van der Waals surface area contributed by atoms with Crippen LogP contribution in [0.1, 0.15) is 44.0 Å². The molecule has 1 amide bonds. The van der Waals surface area contributed by atoms with Crippen molar-refractivity contribution in [2.75, 3.05) is 31.0 Å². The third-order valence-corrected chi connectivity index (χ3v) is 7.60. The first-order chi connectivity index (χ1) is 15.7. The molecule has 0 radical (unpaired) electrons. The molecule has 2 aromatic carbocycles. The van der Waals surface area contributed by atoms with Crippen molar-refractivity contribution in [2.24, 2.45) is 5.92 Å². The Morgan fingerprint density at radius 2 is 1.94 bits per heavy atom. The van der Waals surface area contributed by atoms with Crippen molar-refractivity contribution < 1.29 is 17.9 Å². The number of likely N-dealkylation sites (tertiary alicyclic amines) is 1. The Balaban J connectivity index is 1.68. The lowest BCUT2D eigenvalue weighted by atomic mass is 9.97. The van der Waals surface area contributed by atoms with Crippen LogP contribution in [-0.4, -0.2) is 51.5 Å². The average molecular weight is 494 g/mol. The molecular weight excluding hydrogens is 462 g/mol. The van der Waals surface area contributed by atoms with Gasteiger partial charge >= 0.3 is 0 Å². The van der Waals surface area contributed by atoms with E-state index in [0.717, 1.165) is 25.9 Å². The van der Waals surface area contributed by atoms with Crippen LogP contribution in [0.15, 0.2) is 47.4 Å². The van der Waals surface area contributed by atoms with Crippen molar-refractivity contribution in [1.29, 1.82) is 0 Å². The molecule has 3 rings (SSSR count). The minimum absolute atomic E-state index is 0.0462. The van der Waals surface area contributed by atoms with Gasteiger partial charge in [-0.25, -0.2) is 8.42 Å². The monoisotopic (exact) mass is 493 g/mol. The van der Waals surface area contributed by atoms with Crippen molar-refractivity contribution in [1.82, 2.24) is 10.2 Å². The van der Waals surface area contributed by atoms with E-state index in [1.165, 1.54) is 18.2 Å². The maximum atomic E-state index is 12.9. The molecule has 1 aliphatic heterocycles. The van der Waals surface area contributed by atoms with Crippen molar-refractivity contribution in [2.45, 2.75) is 44.6 Å². The second-order valence-electron chi connectivity index (χ2n) is 8.52. The minimum Gasteiger partial charge on any atom is -0.494 e. The van der Waals surface area contributed by atoms with Crippen LogP contribution in [0.4, 0.5) is 5.69 Å². The normalized spacial score (nSPS) is 17.1. The van der Waals surface area contributed by atoms with Gasteiger partial charge in [0.2, 0.25) is 0 Å². The lowest BCUT2D eigenvalue weighted by Gasteiger charge is -2.35. The fraction of sp³-hybridized carbons (Fsp3) is 0.458. The number of nitrogens with one attached hydrogen (secondary N) is 2. The van der Waals surface area contributed by atoms with Gasteiger partial charge in [-0.3, -0.25) is 9.52 Å². The van der Waals surface area contributed by atoms with Crippen LogP contribution >= 0.6 is 11.6 Å². The number of hydrogen-bond acceptors (Lipinski definition) is 5. The number of nitrogens with zero attached hydrogens (tertiary/aromatic N) is 1. The van der Waals surface area contributed by atoms with Gasteiger partial charge < -0.3 is 15.0 Å². The van der Waals surface area contributed by atoms with Crippen LogP contribution in [0.25, 0.3) is 0 Å². The van der Waals surface area contributed by atoms with E-state index in [-0.39, 0.29) is 21.4 Å². The fourth-order valence-corrected chi connectivity index (χ4v) is 5.50. The number of sulfonamides is 1. The van der Waals surface area contributed by atoms with E-state index in [9.17, 15) is 13.2 Å². The van der Waals surface area contributed by atoms with Gasteiger partial charge in [0, 0.05) is 30.4 Å². The molecule has 1 fully saturated rings. The lowest BCUT2D eigenvalue weighted by Crippen LogP contribution is -2.43. The molecular formula is C24H32ClN3O4S. The van der Waals surface area contributed by atoms with Gasteiger partial charge in [0.05, 0.1) is 11.6 Å². The van der Waals surface area contributed by atoms with Crippen molar-refractivity contribution in [3.05, 3.63) is 53.1 Å². The Labute approximate surface area is 201 Å². The number of ether oxygens (including phenoxy) is 1. The van der Waals surface area contributed by atoms with Gasteiger partial charge in [-0.1, -0.05) is 11.6 Å². The molecule has 1 unspecified atom stereocenters. The summed E-state index contributed by atoms with van der Waals surface area (Å²) in [7, 11) is -3.99. The highest BCUT2D eigenvalue weighted by Gasteiger charge is 2.23. The maximum Gasteiger partial charge on any atom is 0.263 e. The number of benzene rings is 2. The van der Waals surface area contributed by atoms with Gasteiger partial charge in [-0.2, -0.15) is 0 Å². The topological polar surface area (TPSA) is 87.7 Å². The summed E-state index contributed by atoms with van der Waals surface area (Å²) >= 11 is 6.19. The molecule has 0 aliphatic carbocycles. The molecule has 1 heterocycles. The molecule has 9 heteroatoms. The van der Waals surface area contributed by atoms with E-state index in [4.69, 9.17) is 16.3 Å². The van der Waals surface area contributed by atoms with Gasteiger partial charge in [0.1, 0.15) is 10.6 Å². The molecule has 2 aromatic rings. The first-order valence-electron chi connectivity index (χ1n) is 11.3. The molecule has 1 aliphatic rings. The Morgan fingerprint density at radius 3 is 2.61 bits per heavy atom. The van der Waals surface area contributed by atoms with E-state index in [1.54, 1.807) is 24.3 Å². The van der Waals surface area contributed by atoms with Crippen LogP contribution in [0.3, 0.4) is 0 Å². The molecule has 0 bridgehead atoms. The number of rotatable bonds is 9. The van der Waals surface area contributed by atoms with E-state index in [1.807, 2.05) is 6.92 Å². The SMILES string of the molecule is CCOc1ccc(NS(=O)(=O)c2cc(C(=O)NCC3CCCN(C(C)C)C3)ccc2Cl)cc1. The highest BCUT2D eigenvalue weighted by Crippen LogP contribution is 2.26. The lowest BCUT2D eigenvalue weighted by molar-refractivity contribution is 0.0922. The van der Waals surface area contributed by atoms with Crippen LogP contribution in [-0.2, 0) is 10.0 Å². The van der Waals surface area contributed by atoms with Crippen LogP contribution in [0.5, 0.6) is 5.75 Å². The third kappa shape index (κ3) is 6.85. The first kappa shape index (κ1) is 25.3. The molecule has 7 nitrogen and oxygen atoms in total. The summed E-state index contributed by atoms with van der Waals surface area (Å²) in [6.45, 7) is 9.34. The summed E-state index contributed by atoms with van der Waals surface area (Å²) in [5.41, 5.74) is 0.624. The van der Waals surface area contributed by atoms with Gasteiger partial charge in [-0.05, 0) is 88.5 Å². The molecule has 1 atom stereocenters. The Bertz CT molecular complexity index is 1060. The maximum absolute atomic E-state index is 12.9. The smallest absolute Gasteiger partial charge is 0.263 e. The summed E-state index contributed by atoms with van der Waals surface area (Å²) < 4.78 is 33.8.